The van der Waals surface area contributed by atoms with Crippen LogP contribution in [0.15, 0.2) is 59.0 Å². The second kappa shape index (κ2) is 5.76. The summed E-state index contributed by atoms with van der Waals surface area (Å²) in [4.78, 5) is 12.1. The summed E-state index contributed by atoms with van der Waals surface area (Å²) < 4.78 is 1.07. The van der Waals surface area contributed by atoms with E-state index in [0.717, 1.165) is 15.6 Å². The molecule has 0 radical (unpaired) electrons. The van der Waals surface area contributed by atoms with E-state index in [1.807, 2.05) is 29.6 Å². The third-order valence-corrected chi connectivity index (χ3v) is 3.96. The first-order valence-electron chi connectivity index (χ1n) is 6.33. The van der Waals surface area contributed by atoms with Crippen molar-refractivity contribution in [3.63, 3.8) is 0 Å². The van der Waals surface area contributed by atoms with Crippen molar-refractivity contribution in [2.75, 3.05) is 0 Å². The van der Waals surface area contributed by atoms with E-state index in [4.69, 9.17) is 0 Å². The molecule has 3 rings (SSSR count). The number of phenols is 1. The molecule has 1 aromatic heterocycles. The lowest BCUT2D eigenvalue weighted by molar-refractivity contribution is 0.0957. The molecule has 0 saturated carbocycles. The van der Waals surface area contributed by atoms with Crippen molar-refractivity contribution in [3.8, 4) is 5.75 Å². The quantitative estimate of drug-likeness (QED) is 0.575. The van der Waals surface area contributed by atoms with Gasteiger partial charge in [-0.05, 0) is 35.9 Å². The molecular formula is C16H12N2O2S. The van der Waals surface area contributed by atoms with Gasteiger partial charge in [-0.25, -0.2) is 5.43 Å². The number of phenolic OH excluding ortho intramolecular Hbond substituents is 1. The maximum Gasteiger partial charge on any atom is 0.272 e. The van der Waals surface area contributed by atoms with Crippen LogP contribution in [0.5, 0.6) is 5.75 Å². The maximum absolute atomic E-state index is 12.1. The first-order chi connectivity index (χ1) is 10.2. The lowest BCUT2D eigenvalue weighted by atomic mass is 10.2. The number of nitrogens with one attached hydrogen (secondary N) is 1. The Bertz CT molecular complexity index is 807. The van der Waals surface area contributed by atoms with Gasteiger partial charge >= 0.3 is 0 Å². The highest BCUT2D eigenvalue weighted by atomic mass is 32.1. The zero-order valence-corrected chi connectivity index (χ0v) is 11.8. The minimum absolute atomic E-state index is 0.195. The number of carbonyl (C=O) groups excluding carboxylic acids is 1. The van der Waals surface area contributed by atoms with Crippen LogP contribution in [-0.4, -0.2) is 17.2 Å². The number of hydrazone groups is 1. The van der Waals surface area contributed by atoms with Crippen molar-refractivity contribution in [1.29, 1.82) is 0 Å². The van der Waals surface area contributed by atoms with Gasteiger partial charge in [-0.15, -0.1) is 11.3 Å². The molecule has 1 heterocycles. The van der Waals surface area contributed by atoms with Gasteiger partial charge in [0.1, 0.15) is 5.75 Å². The summed E-state index contributed by atoms with van der Waals surface area (Å²) in [6.45, 7) is 0. The smallest absolute Gasteiger partial charge is 0.272 e. The minimum atomic E-state index is -0.234. The molecule has 0 aliphatic heterocycles. The number of benzene rings is 2. The van der Waals surface area contributed by atoms with Gasteiger partial charge < -0.3 is 5.11 Å². The van der Waals surface area contributed by atoms with Crippen LogP contribution in [0.25, 0.3) is 10.1 Å². The van der Waals surface area contributed by atoms with Crippen LogP contribution in [0.3, 0.4) is 0 Å². The van der Waals surface area contributed by atoms with Crippen molar-refractivity contribution in [1.82, 2.24) is 5.43 Å². The molecule has 5 heteroatoms. The fraction of sp³-hybridized carbons (Fsp3) is 0. The number of fused-ring (bicyclic) bond motifs is 1. The van der Waals surface area contributed by atoms with E-state index in [0.29, 0.717) is 5.56 Å². The Labute approximate surface area is 125 Å². The molecule has 0 spiro atoms. The standard InChI is InChI=1S/C16H12N2O2S/c19-12-7-5-11(6-8-12)9-17-18-16(20)14-10-21-15-4-2-1-3-13(14)15/h1-10,19H,(H,18,20). The van der Waals surface area contributed by atoms with Crippen molar-refractivity contribution < 1.29 is 9.90 Å². The van der Waals surface area contributed by atoms with Gasteiger partial charge in [0.15, 0.2) is 0 Å². The predicted molar refractivity (Wildman–Crippen MR) is 85.0 cm³/mol. The Balaban J connectivity index is 1.73. The number of nitrogens with zero attached hydrogens (tertiary/aromatic N) is 1. The molecular weight excluding hydrogens is 284 g/mol. The van der Waals surface area contributed by atoms with Crippen LogP contribution in [0.1, 0.15) is 15.9 Å². The topological polar surface area (TPSA) is 61.7 Å². The molecule has 2 N–H and O–H groups in total. The normalized spacial score (nSPS) is 11.0. The summed E-state index contributed by atoms with van der Waals surface area (Å²) in [7, 11) is 0. The lowest BCUT2D eigenvalue weighted by Crippen LogP contribution is -2.17. The van der Waals surface area contributed by atoms with Crippen molar-refractivity contribution >= 4 is 33.5 Å². The van der Waals surface area contributed by atoms with Gasteiger partial charge in [-0.3, -0.25) is 4.79 Å². The van der Waals surface area contributed by atoms with E-state index in [1.54, 1.807) is 24.3 Å². The summed E-state index contributed by atoms with van der Waals surface area (Å²) in [6, 6.07) is 14.3. The van der Waals surface area contributed by atoms with E-state index >= 15 is 0 Å². The highest BCUT2D eigenvalue weighted by Crippen LogP contribution is 2.25. The molecule has 0 aliphatic carbocycles. The fourth-order valence-electron chi connectivity index (χ4n) is 1.94. The molecule has 1 amide bonds. The minimum Gasteiger partial charge on any atom is -0.508 e. The third kappa shape index (κ3) is 2.93. The molecule has 0 unspecified atom stereocenters. The van der Waals surface area contributed by atoms with E-state index < -0.39 is 0 Å². The third-order valence-electron chi connectivity index (χ3n) is 3.00. The van der Waals surface area contributed by atoms with E-state index in [2.05, 4.69) is 10.5 Å². The zero-order chi connectivity index (χ0) is 14.7. The summed E-state index contributed by atoms with van der Waals surface area (Å²) >= 11 is 1.53. The van der Waals surface area contributed by atoms with E-state index in [9.17, 15) is 9.90 Å². The number of rotatable bonds is 3. The van der Waals surface area contributed by atoms with Gasteiger partial charge in [-0.2, -0.15) is 5.10 Å². The Morgan fingerprint density at radius 1 is 1.14 bits per heavy atom. The highest BCUT2D eigenvalue weighted by molar-refractivity contribution is 7.17. The summed E-state index contributed by atoms with van der Waals surface area (Å²) in [5, 5.41) is 15.9. The number of aromatic hydroxyl groups is 1. The van der Waals surface area contributed by atoms with Crippen LogP contribution in [0.2, 0.25) is 0 Å². The van der Waals surface area contributed by atoms with Crippen LogP contribution >= 0.6 is 11.3 Å². The van der Waals surface area contributed by atoms with Crippen LogP contribution in [0.4, 0.5) is 0 Å². The SMILES string of the molecule is O=C(NN=Cc1ccc(O)cc1)c1csc2ccccc12. The summed E-state index contributed by atoms with van der Waals surface area (Å²) in [5.41, 5.74) is 3.93. The molecule has 104 valence electrons. The molecule has 0 saturated heterocycles. The van der Waals surface area contributed by atoms with Crippen LogP contribution < -0.4 is 5.43 Å². The van der Waals surface area contributed by atoms with Gasteiger partial charge in [0.05, 0.1) is 11.8 Å². The van der Waals surface area contributed by atoms with Crippen LogP contribution in [0, 0.1) is 0 Å². The Morgan fingerprint density at radius 3 is 2.71 bits per heavy atom. The second-order valence-corrected chi connectivity index (χ2v) is 5.35. The Kier molecular flexibility index (Phi) is 3.66. The zero-order valence-electron chi connectivity index (χ0n) is 11.0. The van der Waals surface area contributed by atoms with Crippen molar-refractivity contribution in [3.05, 3.63) is 65.0 Å². The van der Waals surface area contributed by atoms with E-state index in [-0.39, 0.29) is 11.7 Å². The van der Waals surface area contributed by atoms with Gasteiger partial charge in [0.2, 0.25) is 0 Å². The number of thiophene rings is 1. The van der Waals surface area contributed by atoms with Gasteiger partial charge in [0, 0.05) is 15.5 Å². The predicted octanol–water partition coefficient (Wildman–Crippen LogP) is 3.37. The van der Waals surface area contributed by atoms with Gasteiger partial charge in [-0.1, -0.05) is 18.2 Å². The first-order valence-corrected chi connectivity index (χ1v) is 7.21. The van der Waals surface area contributed by atoms with Crippen molar-refractivity contribution in [2.24, 2.45) is 5.10 Å². The average molecular weight is 296 g/mol. The molecule has 3 aromatic rings. The monoisotopic (exact) mass is 296 g/mol. The van der Waals surface area contributed by atoms with Crippen molar-refractivity contribution in [2.45, 2.75) is 0 Å². The molecule has 2 aromatic carbocycles. The Morgan fingerprint density at radius 2 is 1.90 bits per heavy atom. The molecule has 0 fully saturated rings. The molecule has 0 bridgehead atoms. The largest absolute Gasteiger partial charge is 0.508 e. The molecule has 21 heavy (non-hydrogen) atoms. The lowest BCUT2D eigenvalue weighted by Gasteiger charge is -1.98. The van der Waals surface area contributed by atoms with Gasteiger partial charge in [0.25, 0.3) is 5.91 Å². The highest BCUT2D eigenvalue weighted by Gasteiger charge is 2.10. The Hall–Kier alpha value is -2.66. The molecule has 0 atom stereocenters. The maximum atomic E-state index is 12.1. The van der Waals surface area contributed by atoms with Crippen LogP contribution in [-0.2, 0) is 0 Å². The number of hydrogen-bond donors (Lipinski definition) is 2. The average Bonchev–Trinajstić information content (AvgIpc) is 2.93. The van der Waals surface area contributed by atoms with E-state index in [1.165, 1.54) is 17.6 Å². The number of carbonyl (C=O) groups is 1. The molecule has 4 nitrogen and oxygen atoms in total. The first kappa shape index (κ1) is 13.3. The summed E-state index contributed by atoms with van der Waals surface area (Å²) in [6.07, 6.45) is 1.53. The number of hydrogen-bond acceptors (Lipinski definition) is 4. The second-order valence-electron chi connectivity index (χ2n) is 4.44. The number of amides is 1. The molecule has 0 aliphatic rings. The fourth-order valence-corrected chi connectivity index (χ4v) is 2.88. The summed E-state index contributed by atoms with van der Waals surface area (Å²) in [5.74, 6) is -0.0385.